The first-order chi connectivity index (χ1) is 9.09. The summed E-state index contributed by atoms with van der Waals surface area (Å²) in [6, 6.07) is 15.3. The zero-order chi connectivity index (χ0) is 13.8. The molecule has 2 aromatic carbocycles. The standard InChI is InChI=1S/C16H18ClNO/c1-18(2)11-14-13(9-6-10-15(14)17)16(19)12-7-4-3-5-8-12/h3-10,16,19H,11H2,1-2H3/t16-/m0/s1. The van der Waals surface area contributed by atoms with E-state index in [1.54, 1.807) is 0 Å². The van der Waals surface area contributed by atoms with Gasteiger partial charge >= 0.3 is 0 Å². The van der Waals surface area contributed by atoms with Crippen LogP contribution in [0, 0.1) is 0 Å². The Kier molecular flexibility index (Phi) is 4.59. The number of benzene rings is 2. The van der Waals surface area contributed by atoms with Crippen LogP contribution in [0.1, 0.15) is 22.8 Å². The van der Waals surface area contributed by atoms with Crippen molar-refractivity contribution < 1.29 is 5.11 Å². The number of rotatable bonds is 4. The van der Waals surface area contributed by atoms with E-state index in [-0.39, 0.29) is 0 Å². The number of aliphatic hydroxyl groups is 1. The van der Waals surface area contributed by atoms with Crippen molar-refractivity contribution in [3.63, 3.8) is 0 Å². The van der Waals surface area contributed by atoms with Crippen LogP contribution in [0.2, 0.25) is 5.02 Å². The van der Waals surface area contributed by atoms with E-state index >= 15 is 0 Å². The second-order valence-corrected chi connectivity index (χ2v) is 5.27. The molecule has 100 valence electrons. The minimum Gasteiger partial charge on any atom is -0.384 e. The molecule has 0 saturated heterocycles. The Morgan fingerprint density at radius 2 is 1.74 bits per heavy atom. The zero-order valence-electron chi connectivity index (χ0n) is 11.2. The Labute approximate surface area is 119 Å². The molecule has 2 rings (SSSR count). The summed E-state index contributed by atoms with van der Waals surface area (Å²) in [5.41, 5.74) is 2.72. The molecule has 3 heteroatoms. The van der Waals surface area contributed by atoms with Gasteiger partial charge in [0.05, 0.1) is 0 Å². The van der Waals surface area contributed by atoms with E-state index in [1.165, 1.54) is 0 Å². The first-order valence-corrected chi connectivity index (χ1v) is 6.62. The summed E-state index contributed by atoms with van der Waals surface area (Å²) < 4.78 is 0. The lowest BCUT2D eigenvalue weighted by molar-refractivity contribution is 0.217. The molecular formula is C16H18ClNO. The minimum atomic E-state index is -0.644. The smallest absolute Gasteiger partial charge is 0.104 e. The maximum absolute atomic E-state index is 10.5. The lowest BCUT2D eigenvalue weighted by Gasteiger charge is -2.19. The summed E-state index contributed by atoms with van der Waals surface area (Å²) in [5, 5.41) is 11.2. The molecule has 0 heterocycles. The average Bonchev–Trinajstić information content (AvgIpc) is 2.41. The van der Waals surface area contributed by atoms with Gasteiger partial charge in [-0.15, -0.1) is 0 Å². The van der Waals surface area contributed by atoms with Crippen molar-refractivity contribution in [1.82, 2.24) is 4.90 Å². The van der Waals surface area contributed by atoms with Gasteiger partial charge in [0.1, 0.15) is 6.10 Å². The molecule has 0 aliphatic heterocycles. The van der Waals surface area contributed by atoms with Gasteiger partial charge in [0.15, 0.2) is 0 Å². The Morgan fingerprint density at radius 3 is 2.37 bits per heavy atom. The quantitative estimate of drug-likeness (QED) is 0.923. The number of aliphatic hydroxyl groups excluding tert-OH is 1. The summed E-state index contributed by atoms with van der Waals surface area (Å²) >= 11 is 6.27. The summed E-state index contributed by atoms with van der Waals surface area (Å²) in [6.45, 7) is 0.707. The van der Waals surface area contributed by atoms with Crippen molar-refractivity contribution in [2.75, 3.05) is 14.1 Å². The largest absolute Gasteiger partial charge is 0.384 e. The molecule has 0 amide bonds. The molecule has 2 nitrogen and oxygen atoms in total. The highest BCUT2D eigenvalue weighted by atomic mass is 35.5. The van der Waals surface area contributed by atoms with E-state index in [4.69, 9.17) is 11.6 Å². The Bertz CT molecular complexity index is 540. The van der Waals surface area contributed by atoms with E-state index in [1.807, 2.05) is 67.5 Å². The zero-order valence-corrected chi connectivity index (χ0v) is 11.9. The molecule has 0 radical (unpaired) electrons. The molecule has 0 bridgehead atoms. The third-order valence-corrected chi connectivity index (χ3v) is 3.39. The van der Waals surface area contributed by atoms with Crippen LogP contribution in [0.15, 0.2) is 48.5 Å². The molecule has 0 aromatic heterocycles. The van der Waals surface area contributed by atoms with Crippen molar-refractivity contribution in [3.05, 3.63) is 70.2 Å². The van der Waals surface area contributed by atoms with E-state index in [9.17, 15) is 5.11 Å². The van der Waals surface area contributed by atoms with Gasteiger partial charge in [0, 0.05) is 11.6 Å². The number of hydrogen-bond donors (Lipinski definition) is 1. The van der Waals surface area contributed by atoms with E-state index in [0.29, 0.717) is 11.6 Å². The minimum absolute atomic E-state index is 0.644. The van der Waals surface area contributed by atoms with E-state index < -0.39 is 6.10 Å². The predicted octanol–water partition coefficient (Wildman–Crippen LogP) is 3.48. The summed E-state index contributed by atoms with van der Waals surface area (Å²) in [6.07, 6.45) is -0.644. The van der Waals surface area contributed by atoms with Gasteiger partial charge in [-0.2, -0.15) is 0 Å². The Morgan fingerprint density at radius 1 is 1.05 bits per heavy atom. The van der Waals surface area contributed by atoms with Crippen LogP contribution in [-0.4, -0.2) is 24.1 Å². The second kappa shape index (κ2) is 6.20. The highest BCUT2D eigenvalue weighted by Gasteiger charge is 2.16. The lowest BCUT2D eigenvalue weighted by Crippen LogP contribution is -2.14. The lowest BCUT2D eigenvalue weighted by atomic mass is 9.96. The van der Waals surface area contributed by atoms with Gasteiger partial charge in [-0.3, -0.25) is 0 Å². The highest BCUT2D eigenvalue weighted by molar-refractivity contribution is 6.31. The molecule has 0 saturated carbocycles. The first-order valence-electron chi connectivity index (χ1n) is 6.24. The van der Waals surface area contributed by atoms with Crippen LogP contribution in [0.3, 0.4) is 0 Å². The van der Waals surface area contributed by atoms with Gasteiger partial charge in [0.2, 0.25) is 0 Å². The van der Waals surface area contributed by atoms with E-state index in [0.717, 1.165) is 16.7 Å². The normalized spacial score (nSPS) is 12.7. The fourth-order valence-corrected chi connectivity index (χ4v) is 2.37. The number of nitrogens with zero attached hydrogens (tertiary/aromatic N) is 1. The Hall–Kier alpha value is -1.35. The van der Waals surface area contributed by atoms with Gasteiger partial charge in [-0.05, 0) is 36.9 Å². The van der Waals surface area contributed by atoms with Crippen LogP contribution in [0.4, 0.5) is 0 Å². The number of halogens is 1. The highest BCUT2D eigenvalue weighted by Crippen LogP contribution is 2.29. The van der Waals surface area contributed by atoms with Crippen molar-refractivity contribution in [2.24, 2.45) is 0 Å². The molecule has 1 N–H and O–H groups in total. The van der Waals surface area contributed by atoms with Crippen molar-refractivity contribution in [1.29, 1.82) is 0 Å². The van der Waals surface area contributed by atoms with Crippen LogP contribution in [-0.2, 0) is 6.54 Å². The van der Waals surface area contributed by atoms with Crippen molar-refractivity contribution in [2.45, 2.75) is 12.6 Å². The third-order valence-electron chi connectivity index (χ3n) is 3.04. The fourth-order valence-electron chi connectivity index (χ4n) is 2.13. The van der Waals surface area contributed by atoms with Gasteiger partial charge < -0.3 is 10.0 Å². The molecule has 19 heavy (non-hydrogen) atoms. The number of hydrogen-bond acceptors (Lipinski definition) is 2. The summed E-state index contributed by atoms with van der Waals surface area (Å²) in [5.74, 6) is 0. The van der Waals surface area contributed by atoms with Gasteiger partial charge in [-0.1, -0.05) is 54.1 Å². The van der Waals surface area contributed by atoms with Crippen molar-refractivity contribution >= 4 is 11.6 Å². The average molecular weight is 276 g/mol. The fraction of sp³-hybridized carbons (Fsp3) is 0.250. The van der Waals surface area contributed by atoms with E-state index in [2.05, 4.69) is 0 Å². The molecule has 2 aromatic rings. The predicted molar refractivity (Wildman–Crippen MR) is 79.3 cm³/mol. The first kappa shape index (κ1) is 14.1. The van der Waals surface area contributed by atoms with Crippen LogP contribution in [0.5, 0.6) is 0 Å². The SMILES string of the molecule is CN(C)Cc1c(Cl)cccc1[C@@H](O)c1ccccc1. The molecule has 0 aliphatic carbocycles. The maximum Gasteiger partial charge on any atom is 0.104 e. The van der Waals surface area contributed by atoms with Crippen LogP contribution < -0.4 is 0 Å². The monoisotopic (exact) mass is 275 g/mol. The molecule has 0 aliphatic rings. The van der Waals surface area contributed by atoms with Gasteiger partial charge in [-0.25, -0.2) is 0 Å². The van der Waals surface area contributed by atoms with Crippen LogP contribution >= 0.6 is 11.6 Å². The third kappa shape index (κ3) is 3.35. The summed E-state index contributed by atoms with van der Waals surface area (Å²) in [7, 11) is 3.98. The van der Waals surface area contributed by atoms with Gasteiger partial charge in [0.25, 0.3) is 0 Å². The maximum atomic E-state index is 10.5. The molecule has 0 unspecified atom stereocenters. The molecule has 0 fully saturated rings. The molecule has 1 atom stereocenters. The molecular weight excluding hydrogens is 258 g/mol. The van der Waals surface area contributed by atoms with Crippen molar-refractivity contribution in [3.8, 4) is 0 Å². The summed E-state index contributed by atoms with van der Waals surface area (Å²) in [4.78, 5) is 2.04. The molecule has 0 spiro atoms. The Balaban J connectivity index is 2.41. The van der Waals surface area contributed by atoms with Crippen LogP contribution in [0.25, 0.3) is 0 Å². The second-order valence-electron chi connectivity index (χ2n) is 4.86. The topological polar surface area (TPSA) is 23.5 Å².